The average molecular weight is 1980 g/mol. The maximum atomic E-state index is 12.3. The van der Waals surface area contributed by atoms with E-state index in [1.807, 2.05) is 6.07 Å². The number of thioether (sulfide) groups is 8. The minimum absolute atomic E-state index is 0.0603. The first-order valence-corrected chi connectivity index (χ1v) is 49.5. The highest BCUT2D eigenvalue weighted by atomic mass is 32.2. The maximum absolute atomic E-state index is 12.3. The zero-order chi connectivity index (χ0) is 92.8. The molecule has 30 heterocycles. The molecule has 0 radical (unpaired) electrons. The van der Waals surface area contributed by atoms with Crippen LogP contribution < -0.4 is 0 Å². The van der Waals surface area contributed by atoms with Gasteiger partial charge in [-0.3, -0.25) is 33.6 Å². The highest BCUT2D eigenvalue weighted by Gasteiger charge is 2.61. The highest BCUT2D eigenvalue weighted by molar-refractivity contribution is 8.00. The quantitative estimate of drug-likeness (QED) is 0.0254. The normalized spacial score (nSPS) is 41.7. The Morgan fingerprint density at radius 1 is 0.197 bits per heavy atom. The third-order valence-corrected chi connectivity index (χ3v) is 29.7. The molecule has 16 bridgehead atoms. The molecule has 728 valence electrons. The van der Waals surface area contributed by atoms with Crippen molar-refractivity contribution in [3.05, 3.63) is 0 Å². The first-order valence-electron chi connectivity index (χ1n) is 40.3. The van der Waals surface area contributed by atoms with E-state index in [0.29, 0.717) is 0 Å². The zero-order valence-corrected chi connectivity index (χ0v) is 74.0. The van der Waals surface area contributed by atoms with Gasteiger partial charge in [-0.15, -0.1) is 0 Å². The Hall–Kier alpha value is -2.70. The summed E-state index contributed by atoms with van der Waals surface area (Å²) in [7, 11) is 0. The third-order valence-electron chi connectivity index (χ3n) is 21.3. The second-order valence-corrected chi connectivity index (χ2v) is 39.7. The molecular formula is C72H111NO46S8. The fourth-order valence-corrected chi connectivity index (χ4v) is 22.4. The number of aliphatic hydroxyl groups excluding tert-OH is 16. The summed E-state index contributed by atoms with van der Waals surface area (Å²) in [5.74, 6) is -12.5. The number of nitriles is 1. The average Bonchev–Trinajstić information content (AvgIpc) is 0.770. The number of carboxylic acids is 7. The Labute approximate surface area is 758 Å². The fraction of sp³-hybridized carbons (Fsp3) is 0.889. The van der Waals surface area contributed by atoms with E-state index >= 15 is 0 Å². The molecule has 55 heteroatoms. The van der Waals surface area contributed by atoms with Crippen molar-refractivity contribution in [3.63, 3.8) is 0 Å². The standard InChI is InChI=1S/C72H111NO46S8/c73-9-1-10-120-18-26-57-41(88)49(96)65(104-26)113-58-27(19-121-11-2-34(74)75)106-67(51(98)43(58)90)115-60-29(21-123-13-4-36(78)79)108-69(53(100)45(60)92)117-62-31(23-125-15-6-38(82)83)110-71(55(102)47(62)94)119-64-33(25-127-17-8-40(86)87)111-72(56(103)48(64)95)118-63-32(24-126-16-7-39(84)85)109-70(54(101)46(63)93)116-61-30(22-124-14-5-37(80)81)107-68(52(99)44(61)91)114-59-28(20-122-12-3-35(76)77)105-66(112-57)50(97)42(59)89/h26-33,41-72,88-103H,1-8,10-25H2,(H,74,75)(H,76,77)(H,78,79)(H,80,81)(H,82,83)(H,84,85)(H,86,87)/t26-,27-,28-,29-,30-,31-,32-,33-,41-,42-,43-,44-,45-,46-,47-,48-,49-,50-,51-,52-,53-,54-,55-,56-,57-,58-,59-,60-,61-,62-,63-,64-,65-,66-,67-,68-,69-,70-,71-,72-/m1/s1. The molecule has 0 aromatic carbocycles. The van der Waals surface area contributed by atoms with Gasteiger partial charge in [0.05, 0.1) is 99.8 Å². The SMILES string of the molecule is N#CCCSC[C@H]1O[C@@H]2O[C@H]3[C@H](O)[C@@H](O)[C@@H](O[C@H]4[C@H](O)[C@@H](O)[C@@H](O[C@H]5[C@H](O)[C@@H](O)[C@@H](O[C@H]6[C@H](O)[C@@H](O)[C@@H](O[C@H]7[C@H](O)[C@@H](O)[C@@H](O[C@H]8[C@H](O)[C@@H](O)[C@@H](O[C@H]9[C@H](O)[C@@H](O)[C@@H](O[C@H]1[C@H](O)[C@H]2O)O[C@@H]9CSCCC(=O)O)O[C@@H]8CSCCC(=O)O)O[C@@H]7CSCCC(=O)O)O[C@@H]6CSCCC(=O)O)O[C@@H]5CSCCC(=O)O)O[C@@H]4CSCCC(=O)O)O[C@@H]3CSCCC(=O)O. The minimum atomic E-state index is -2.32. The second kappa shape index (κ2) is 52.6. The van der Waals surface area contributed by atoms with Gasteiger partial charge < -0.3 is 193 Å². The van der Waals surface area contributed by atoms with Gasteiger partial charge in [-0.2, -0.15) is 99.4 Å². The molecule has 0 spiro atoms. The first-order chi connectivity index (χ1) is 60.4. The topological polar surface area (TPSA) is 756 Å². The number of hydrogen-bond donors (Lipinski definition) is 23. The third kappa shape index (κ3) is 30.4. The Morgan fingerprint density at radius 2 is 0.315 bits per heavy atom. The van der Waals surface area contributed by atoms with Crippen LogP contribution in [0.1, 0.15) is 51.4 Å². The van der Waals surface area contributed by atoms with Crippen LogP contribution in [0.15, 0.2) is 0 Å². The minimum Gasteiger partial charge on any atom is -0.481 e. The monoisotopic (exact) mass is 1980 g/mol. The smallest absolute Gasteiger partial charge is 0.304 e. The number of nitrogens with zero attached hydrogens (tertiary/aromatic N) is 1. The summed E-state index contributed by atoms with van der Waals surface area (Å²) >= 11 is 7.28. The fourth-order valence-electron chi connectivity index (χ4n) is 14.6. The van der Waals surface area contributed by atoms with Crippen LogP contribution in [0.4, 0.5) is 0 Å². The summed E-state index contributed by atoms with van der Waals surface area (Å²) in [5, 5.41) is 272. The number of ether oxygens (including phenoxy) is 16. The van der Waals surface area contributed by atoms with E-state index < -0.39 is 332 Å². The van der Waals surface area contributed by atoms with Crippen molar-refractivity contribution >= 4 is 136 Å². The Kier molecular flexibility index (Phi) is 44.7. The molecule has 30 aliphatic rings. The number of aliphatic hydroxyl groups is 16. The summed E-state index contributed by atoms with van der Waals surface area (Å²) in [6, 6.07) is 1.97. The van der Waals surface area contributed by atoms with Crippen LogP contribution in [0.3, 0.4) is 0 Å². The van der Waals surface area contributed by atoms with Gasteiger partial charge in [0.15, 0.2) is 50.3 Å². The van der Waals surface area contributed by atoms with Crippen molar-refractivity contribution in [2.45, 2.75) is 297 Å². The Balaban J connectivity index is 1.11. The Morgan fingerprint density at radius 3 is 0.425 bits per heavy atom. The summed E-state index contributed by atoms with van der Waals surface area (Å²) in [6.07, 6.45) is -84.5. The van der Waals surface area contributed by atoms with Crippen molar-refractivity contribution in [1.82, 2.24) is 0 Å². The maximum Gasteiger partial charge on any atom is 0.304 e. The van der Waals surface area contributed by atoms with Crippen molar-refractivity contribution in [2.24, 2.45) is 0 Å². The van der Waals surface area contributed by atoms with Crippen LogP contribution >= 0.6 is 94.1 Å². The summed E-state index contributed by atoms with van der Waals surface area (Å²) in [5.41, 5.74) is 0. The molecule has 0 saturated carbocycles. The van der Waals surface area contributed by atoms with Crippen LogP contribution in [-0.2, 0) is 109 Å². The van der Waals surface area contributed by atoms with E-state index in [1.165, 1.54) is 0 Å². The Bertz CT molecular complexity index is 3320. The number of rotatable bonds is 39. The van der Waals surface area contributed by atoms with Gasteiger partial charge in [0.25, 0.3) is 0 Å². The zero-order valence-electron chi connectivity index (χ0n) is 67.5. The van der Waals surface area contributed by atoms with Gasteiger partial charge in [-0.1, -0.05) is 0 Å². The van der Waals surface area contributed by atoms with Gasteiger partial charge in [-0.05, 0) is 0 Å². The van der Waals surface area contributed by atoms with E-state index in [2.05, 4.69) is 0 Å². The van der Waals surface area contributed by atoms with Crippen molar-refractivity contribution in [3.8, 4) is 6.07 Å². The summed E-state index contributed by atoms with van der Waals surface area (Å²) < 4.78 is 100. The van der Waals surface area contributed by atoms with Gasteiger partial charge in [0.2, 0.25) is 0 Å². The largest absolute Gasteiger partial charge is 0.481 e. The van der Waals surface area contributed by atoms with Crippen molar-refractivity contribution < 1.29 is 227 Å². The van der Waals surface area contributed by atoms with Crippen LogP contribution in [0.5, 0.6) is 0 Å². The molecule has 47 nitrogen and oxygen atoms in total. The predicted octanol–water partition coefficient (Wildman–Crippen LogP) is -7.24. The van der Waals surface area contributed by atoms with Gasteiger partial charge in [0.1, 0.15) is 146 Å². The molecule has 30 rings (SSSR count). The molecular weight excluding hydrogens is 1870 g/mol. The molecule has 30 fully saturated rings. The molecule has 127 heavy (non-hydrogen) atoms. The highest BCUT2D eigenvalue weighted by Crippen LogP contribution is 2.43. The number of carboxylic acid groups (broad SMARTS) is 7. The molecule has 30 saturated heterocycles. The first kappa shape index (κ1) is 108. The molecule has 0 unspecified atom stereocenters. The van der Waals surface area contributed by atoms with Crippen LogP contribution in [-0.4, -0.2) is 497 Å². The van der Waals surface area contributed by atoms with Gasteiger partial charge in [0, 0.05) is 98.5 Å². The number of hydrogen-bond acceptors (Lipinski definition) is 48. The van der Waals surface area contributed by atoms with E-state index in [4.69, 9.17) is 75.8 Å². The lowest BCUT2D eigenvalue weighted by Gasteiger charge is -2.51. The van der Waals surface area contributed by atoms with E-state index in [1.54, 1.807) is 0 Å². The molecule has 0 aromatic rings. The van der Waals surface area contributed by atoms with Crippen LogP contribution in [0, 0.1) is 11.3 Å². The molecule has 23 N–H and O–H groups in total. The number of carbonyl (C=O) groups is 7. The second-order valence-electron chi connectivity index (χ2n) is 30.5. The molecule has 0 aliphatic carbocycles. The predicted molar refractivity (Wildman–Crippen MR) is 439 cm³/mol. The lowest BCUT2D eigenvalue weighted by molar-refractivity contribution is -0.396. The lowest BCUT2D eigenvalue weighted by atomic mass is 9.95. The lowest BCUT2D eigenvalue weighted by Crippen LogP contribution is -2.69. The van der Waals surface area contributed by atoms with Gasteiger partial charge in [-0.25, -0.2) is 0 Å². The van der Waals surface area contributed by atoms with Crippen LogP contribution in [0.2, 0.25) is 0 Å². The van der Waals surface area contributed by atoms with Crippen molar-refractivity contribution in [1.29, 1.82) is 5.26 Å². The van der Waals surface area contributed by atoms with E-state index in [9.17, 15) is 156 Å². The van der Waals surface area contributed by atoms with Gasteiger partial charge >= 0.3 is 41.8 Å². The van der Waals surface area contributed by atoms with Crippen LogP contribution in [0.25, 0.3) is 0 Å². The molecule has 0 amide bonds. The molecule has 0 aromatic heterocycles. The summed E-state index contributed by atoms with van der Waals surface area (Å²) in [4.78, 5) is 82.5. The summed E-state index contributed by atoms with van der Waals surface area (Å²) in [6.45, 7) is 0. The molecule has 40 atom stereocenters. The van der Waals surface area contributed by atoms with E-state index in [-0.39, 0.29) is 98.5 Å². The number of aliphatic carboxylic acids is 7. The molecule has 30 aliphatic heterocycles. The van der Waals surface area contributed by atoms with Crippen molar-refractivity contribution in [2.75, 3.05) is 92.0 Å². The van der Waals surface area contributed by atoms with E-state index in [0.717, 1.165) is 94.1 Å².